The van der Waals surface area contributed by atoms with Gasteiger partial charge in [-0.3, -0.25) is 9.79 Å². The third kappa shape index (κ3) is 0.845. The second-order valence-corrected chi connectivity index (χ2v) is 2.94. The average Bonchev–Trinajstić information content (AvgIpc) is 2.33. The predicted octanol–water partition coefficient (Wildman–Crippen LogP) is -0.109. The van der Waals surface area contributed by atoms with Gasteiger partial charge in [0.25, 0.3) is 5.91 Å². The molecule has 1 unspecified atom stereocenters. The predicted molar refractivity (Wildman–Crippen MR) is 45.1 cm³/mol. The van der Waals surface area contributed by atoms with Crippen molar-refractivity contribution >= 4 is 11.6 Å². The number of fused-ring (bicyclic) bond motifs is 1. The van der Waals surface area contributed by atoms with E-state index in [0.717, 1.165) is 5.57 Å². The van der Waals surface area contributed by atoms with Crippen molar-refractivity contribution in [2.45, 2.75) is 6.92 Å². The van der Waals surface area contributed by atoms with Crippen LogP contribution in [0.5, 0.6) is 0 Å². The van der Waals surface area contributed by atoms with Gasteiger partial charge < -0.3 is 11.1 Å². The lowest BCUT2D eigenvalue weighted by molar-refractivity contribution is -0.114. The van der Waals surface area contributed by atoms with Gasteiger partial charge in [-0.1, -0.05) is 0 Å². The third-order valence-corrected chi connectivity index (χ3v) is 2.03. The SMILES string of the molecule is CC1=CN=C2C(=O)NC(N)=CC12. The standard InChI is InChI=1S/C8H9N3O/c1-4-3-10-7-5(4)2-6(9)11-8(7)12/h2-3,5H,9H2,1H3,(H,11,12). The highest BCUT2D eigenvalue weighted by molar-refractivity contribution is 6.42. The molecule has 12 heavy (non-hydrogen) atoms. The van der Waals surface area contributed by atoms with Crippen molar-refractivity contribution in [1.82, 2.24) is 5.32 Å². The number of nitrogens with two attached hydrogens (primary N) is 1. The highest BCUT2D eigenvalue weighted by Crippen LogP contribution is 2.23. The first-order valence-electron chi connectivity index (χ1n) is 3.71. The van der Waals surface area contributed by atoms with E-state index in [4.69, 9.17) is 5.73 Å². The molecular weight excluding hydrogens is 154 g/mol. The van der Waals surface area contributed by atoms with E-state index in [-0.39, 0.29) is 11.8 Å². The van der Waals surface area contributed by atoms with Crippen LogP contribution in [0.4, 0.5) is 0 Å². The molecule has 1 amide bonds. The van der Waals surface area contributed by atoms with Gasteiger partial charge in [0.15, 0.2) is 0 Å². The number of nitrogens with one attached hydrogen (secondary N) is 1. The van der Waals surface area contributed by atoms with Crippen LogP contribution >= 0.6 is 0 Å². The summed E-state index contributed by atoms with van der Waals surface area (Å²) in [6.07, 6.45) is 3.51. The Morgan fingerprint density at radius 1 is 1.67 bits per heavy atom. The molecule has 0 aliphatic carbocycles. The Morgan fingerprint density at radius 3 is 3.17 bits per heavy atom. The molecule has 2 aliphatic heterocycles. The smallest absolute Gasteiger partial charge is 0.272 e. The van der Waals surface area contributed by atoms with E-state index in [1.165, 1.54) is 0 Å². The van der Waals surface area contributed by atoms with E-state index >= 15 is 0 Å². The maximum absolute atomic E-state index is 11.2. The van der Waals surface area contributed by atoms with Crippen molar-refractivity contribution in [3.63, 3.8) is 0 Å². The summed E-state index contributed by atoms with van der Waals surface area (Å²) in [5.74, 6) is 0.227. The minimum Gasteiger partial charge on any atom is -0.385 e. The second-order valence-electron chi connectivity index (χ2n) is 2.94. The van der Waals surface area contributed by atoms with Crippen LogP contribution < -0.4 is 11.1 Å². The summed E-state index contributed by atoms with van der Waals surface area (Å²) in [5.41, 5.74) is 7.09. The lowest BCUT2D eigenvalue weighted by atomic mass is 9.95. The van der Waals surface area contributed by atoms with Crippen LogP contribution in [0.15, 0.2) is 28.7 Å². The van der Waals surface area contributed by atoms with Crippen molar-refractivity contribution in [2.24, 2.45) is 16.6 Å². The number of allylic oxidation sites excluding steroid dienone is 2. The van der Waals surface area contributed by atoms with Crippen molar-refractivity contribution in [3.8, 4) is 0 Å². The fourth-order valence-corrected chi connectivity index (χ4v) is 1.37. The molecule has 0 aromatic heterocycles. The Morgan fingerprint density at radius 2 is 2.42 bits per heavy atom. The Balaban J connectivity index is 2.43. The quantitative estimate of drug-likeness (QED) is 0.523. The zero-order chi connectivity index (χ0) is 8.72. The first-order chi connectivity index (χ1) is 5.68. The number of rotatable bonds is 0. The summed E-state index contributed by atoms with van der Waals surface area (Å²) in [7, 11) is 0. The minimum atomic E-state index is -0.187. The summed E-state index contributed by atoms with van der Waals surface area (Å²) in [5, 5.41) is 2.51. The van der Waals surface area contributed by atoms with E-state index in [9.17, 15) is 4.79 Å². The lowest BCUT2D eigenvalue weighted by Crippen LogP contribution is -2.40. The fraction of sp³-hybridized carbons (Fsp3) is 0.250. The van der Waals surface area contributed by atoms with E-state index in [1.807, 2.05) is 6.92 Å². The van der Waals surface area contributed by atoms with E-state index in [1.54, 1.807) is 12.3 Å². The molecule has 0 saturated heterocycles. The Bertz CT molecular complexity index is 338. The molecule has 2 rings (SSSR count). The number of amides is 1. The molecule has 0 radical (unpaired) electrons. The summed E-state index contributed by atoms with van der Waals surface area (Å²) in [4.78, 5) is 15.2. The molecule has 0 spiro atoms. The molecular formula is C8H9N3O. The molecule has 0 aromatic rings. The van der Waals surface area contributed by atoms with Crippen LogP contribution in [-0.2, 0) is 4.79 Å². The Kier molecular flexibility index (Phi) is 1.30. The largest absolute Gasteiger partial charge is 0.385 e. The van der Waals surface area contributed by atoms with Crippen molar-refractivity contribution in [1.29, 1.82) is 0 Å². The molecule has 2 heterocycles. The van der Waals surface area contributed by atoms with Crippen LogP contribution in [0.25, 0.3) is 0 Å². The van der Waals surface area contributed by atoms with Gasteiger partial charge in [-0.25, -0.2) is 0 Å². The van der Waals surface area contributed by atoms with Gasteiger partial charge in [0.2, 0.25) is 0 Å². The molecule has 2 aliphatic rings. The Hall–Kier alpha value is -1.58. The molecule has 0 bridgehead atoms. The number of nitrogens with zero attached hydrogens (tertiary/aromatic N) is 1. The first kappa shape index (κ1) is 7.09. The van der Waals surface area contributed by atoms with Gasteiger partial charge in [0, 0.05) is 6.20 Å². The van der Waals surface area contributed by atoms with Crippen LogP contribution in [0.1, 0.15) is 6.92 Å². The lowest BCUT2D eigenvalue weighted by Gasteiger charge is -2.17. The van der Waals surface area contributed by atoms with Gasteiger partial charge in [-0.05, 0) is 18.6 Å². The molecule has 4 nitrogen and oxygen atoms in total. The number of hydrogen-bond donors (Lipinski definition) is 2. The molecule has 1 atom stereocenters. The summed E-state index contributed by atoms with van der Waals surface area (Å²) >= 11 is 0. The van der Waals surface area contributed by atoms with Gasteiger partial charge in [-0.15, -0.1) is 0 Å². The van der Waals surface area contributed by atoms with Gasteiger partial charge in [0.1, 0.15) is 5.71 Å². The number of hydrogen-bond acceptors (Lipinski definition) is 3. The van der Waals surface area contributed by atoms with Crippen LogP contribution in [-0.4, -0.2) is 11.6 Å². The second kappa shape index (κ2) is 2.20. The van der Waals surface area contributed by atoms with Crippen molar-refractivity contribution < 1.29 is 4.79 Å². The molecule has 62 valence electrons. The van der Waals surface area contributed by atoms with E-state index < -0.39 is 0 Å². The molecule has 4 heteroatoms. The maximum Gasteiger partial charge on any atom is 0.272 e. The molecule has 0 aromatic carbocycles. The summed E-state index contributed by atoms with van der Waals surface area (Å²) in [6, 6.07) is 0. The number of carbonyl (C=O) groups is 1. The molecule has 0 fully saturated rings. The third-order valence-electron chi connectivity index (χ3n) is 2.03. The number of carbonyl (C=O) groups excluding carboxylic acids is 1. The van der Waals surface area contributed by atoms with E-state index in [2.05, 4.69) is 10.3 Å². The monoisotopic (exact) mass is 163 g/mol. The van der Waals surface area contributed by atoms with Crippen molar-refractivity contribution in [2.75, 3.05) is 0 Å². The topological polar surface area (TPSA) is 67.5 Å². The van der Waals surface area contributed by atoms with Gasteiger partial charge in [-0.2, -0.15) is 0 Å². The highest BCUT2D eigenvalue weighted by Gasteiger charge is 2.29. The Labute approximate surface area is 69.8 Å². The maximum atomic E-state index is 11.2. The van der Waals surface area contributed by atoms with Crippen LogP contribution in [0, 0.1) is 5.92 Å². The van der Waals surface area contributed by atoms with Crippen molar-refractivity contribution in [3.05, 3.63) is 23.7 Å². The summed E-state index contributed by atoms with van der Waals surface area (Å²) in [6.45, 7) is 1.93. The van der Waals surface area contributed by atoms with E-state index in [0.29, 0.717) is 11.5 Å². The van der Waals surface area contributed by atoms with Gasteiger partial charge in [0.05, 0.1) is 11.7 Å². The van der Waals surface area contributed by atoms with Crippen LogP contribution in [0.3, 0.4) is 0 Å². The molecule has 3 N–H and O–H groups in total. The number of aliphatic imine (C=N–C) groups is 1. The first-order valence-corrected chi connectivity index (χ1v) is 3.71. The average molecular weight is 163 g/mol. The minimum absolute atomic E-state index is 0.00116. The fourth-order valence-electron chi connectivity index (χ4n) is 1.37. The zero-order valence-electron chi connectivity index (χ0n) is 6.66. The van der Waals surface area contributed by atoms with Gasteiger partial charge >= 0.3 is 0 Å². The van der Waals surface area contributed by atoms with Crippen LogP contribution in [0.2, 0.25) is 0 Å². The normalized spacial score (nSPS) is 26.9. The molecule has 0 saturated carbocycles. The summed E-state index contributed by atoms with van der Waals surface area (Å²) < 4.78 is 0. The zero-order valence-corrected chi connectivity index (χ0v) is 6.66. The highest BCUT2D eigenvalue weighted by atomic mass is 16.2.